The normalized spacial score (nSPS) is 10.8. The molecule has 0 aliphatic rings. The minimum Gasteiger partial charge on any atom is -0.274 e. The predicted octanol–water partition coefficient (Wildman–Crippen LogP) is 1.43. The highest BCUT2D eigenvalue weighted by Crippen LogP contribution is 1.92. The maximum absolute atomic E-state index is 5.47. The summed E-state index contributed by atoms with van der Waals surface area (Å²) < 4.78 is 0. The van der Waals surface area contributed by atoms with Gasteiger partial charge in [-0.2, -0.15) is 0 Å². The SMILES string of the molecule is CCON(CCCl)OCC. The molecule has 0 aromatic rings. The average molecular weight is 168 g/mol. The van der Waals surface area contributed by atoms with Gasteiger partial charge in [-0.3, -0.25) is 9.68 Å². The van der Waals surface area contributed by atoms with E-state index in [1.165, 1.54) is 5.23 Å². The van der Waals surface area contributed by atoms with Gasteiger partial charge in [-0.25, -0.2) is 0 Å². The molecular formula is C6H14ClNO2. The summed E-state index contributed by atoms with van der Waals surface area (Å²) in [6, 6.07) is 0. The predicted molar refractivity (Wildman–Crippen MR) is 40.7 cm³/mol. The quantitative estimate of drug-likeness (QED) is 0.441. The standard InChI is InChI=1S/C6H14ClNO2/c1-3-9-8(6-5-7)10-4-2/h3-6H2,1-2H3. The fourth-order valence-electron chi connectivity index (χ4n) is 0.523. The van der Waals surface area contributed by atoms with Gasteiger partial charge < -0.3 is 0 Å². The third kappa shape index (κ3) is 4.99. The largest absolute Gasteiger partial charge is 0.274 e. The van der Waals surface area contributed by atoms with Gasteiger partial charge in [0.1, 0.15) is 0 Å². The zero-order valence-corrected chi connectivity index (χ0v) is 7.23. The fraction of sp³-hybridized carbons (Fsp3) is 1.00. The highest BCUT2D eigenvalue weighted by molar-refractivity contribution is 6.18. The lowest BCUT2D eigenvalue weighted by atomic mass is 10.8. The molecule has 0 amide bonds. The molecule has 0 unspecified atom stereocenters. The van der Waals surface area contributed by atoms with Gasteiger partial charge in [0.15, 0.2) is 0 Å². The van der Waals surface area contributed by atoms with E-state index in [2.05, 4.69) is 0 Å². The second-order valence-electron chi connectivity index (χ2n) is 1.58. The average Bonchev–Trinajstić information content (AvgIpc) is 1.90. The van der Waals surface area contributed by atoms with E-state index in [1.54, 1.807) is 0 Å². The van der Waals surface area contributed by atoms with Crippen molar-refractivity contribution >= 4 is 11.6 Å². The minimum absolute atomic E-state index is 0.514. The monoisotopic (exact) mass is 167 g/mol. The Morgan fingerprint density at radius 2 is 1.70 bits per heavy atom. The Kier molecular flexibility index (Phi) is 7.40. The van der Waals surface area contributed by atoms with E-state index in [1.807, 2.05) is 13.8 Å². The zero-order chi connectivity index (χ0) is 7.82. The van der Waals surface area contributed by atoms with Crippen molar-refractivity contribution in [3.63, 3.8) is 0 Å². The van der Waals surface area contributed by atoms with Crippen LogP contribution in [0.4, 0.5) is 0 Å². The van der Waals surface area contributed by atoms with Gasteiger partial charge in [0.05, 0.1) is 19.8 Å². The smallest absolute Gasteiger partial charge is 0.0683 e. The van der Waals surface area contributed by atoms with Crippen LogP contribution in [-0.4, -0.2) is 30.9 Å². The third-order valence-corrected chi connectivity index (χ3v) is 0.982. The number of nitrogens with zero attached hydrogens (tertiary/aromatic N) is 1. The Balaban J connectivity index is 3.30. The van der Waals surface area contributed by atoms with E-state index in [0.717, 1.165) is 0 Å². The second kappa shape index (κ2) is 7.28. The fourth-order valence-corrected chi connectivity index (χ4v) is 0.661. The van der Waals surface area contributed by atoms with Crippen molar-refractivity contribution < 1.29 is 9.68 Å². The molecule has 0 saturated carbocycles. The summed E-state index contributed by atoms with van der Waals surface area (Å²) in [6.07, 6.45) is 0. The highest BCUT2D eigenvalue weighted by atomic mass is 35.5. The van der Waals surface area contributed by atoms with Crippen molar-refractivity contribution in [2.24, 2.45) is 0 Å². The van der Waals surface area contributed by atoms with E-state index in [-0.39, 0.29) is 0 Å². The molecule has 0 saturated heterocycles. The molecule has 0 aromatic heterocycles. The van der Waals surface area contributed by atoms with Crippen molar-refractivity contribution in [3.05, 3.63) is 0 Å². The van der Waals surface area contributed by atoms with E-state index in [9.17, 15) is 0 Å². The molecule has 0 atom stereocenters. The summed E-state index contributed by atoms with van der Waals surface area (Å²) in [5, 5.41) is 1.41. The van der Waals surface area contributed by atoms with Crippen LogP contribution in [0, 0.1) is 0 Å². The molecule has 0 heterocycles. The van der Waals surface area contributed by atoms with Crippen molar-refractivity contribution in [3.8, 4) is 0 Å². The van der Waals surface area contributed by atoms with Gasteiger partial charge in [0, 0.05) is 5.88 Å². The summed E-state index contributed by atoms with van der Waals surface area (Å²) in [6.45, 7) is 5.62. The van der Waals surface area contributed by atoms with Gasteiger partial charge in [0.25, 0.3) is 0 Å². The summed E-state index contributed by atoms with van der Waals surface area (Å²) in [5.74, 6) is 0.514. The molecule has 3 nitrogen and oxygen atoms in total. The molecule has 0 aliphatic heterocycles. The van der Waals surface area contributed by atoms with Crippen LogP contribution in [-0.2, 0) is 9.68 Å². The lowest BCUT2D eigenvalue weighted by Gasteiger charge is -2.17. The van der Waals surface area contributed by atoms with Crippen LogP contribution in [0.5, 0.6) is 0 Å². The van der Waals surface area contributed by atoms with Crippen LogP contribution in [0.15, 0.2) is 0 Å². The number of alkyl halides is 1. The molecule has 0 aliphatic carbocycles. The minimum atomic E-state index is 0.514. The van der Waals surface area contributed by atoms with Crippen LogP contribution < -0.4 is 0 Å². The molecule has 0 bridgehead atoms. The lowest BCUT2D eigenvalue weighted by Crippen LogP contribution is -2.26. The summed E-state index contributed by atoms with van der Waals surface area (Å²) >= 11 is 5.47. The second-order valence-corrected chi connectivity index (χ2v) is 1.96. The Morgan fingerprint density at radius 1 is 1.20 bits per heavy atom. The summed E-state index contributed by atoms with van der Waals surface area (Å²) in [4.78, 5) is 10.1. The molecule has 62 valence electrons. The van der Waals surface area contributed by atoms with Crippen LogP contribution in [0.2, 0.25) is 0 Å². The van der Waals surface area contributed by atoms with E-state index < -0.39 is 0 Å². The first-order valence-corrected chi connectivity index (χ1v) is 3.97. The molecule has 0 aromatic carbocycles. The summed E-state index contributed by atoms with van der Waals surface area (Å²) in [5.41, 5.74) is 0. The van der Waals surface area contributed by atoms with E-state index >= 15 is 0 Å². The van der Waals surface area contributed by atoms with E-state index in [0.29, 0.717) is 25.6 Å². The van der Waals surface area contributed by atoms with Crippen LogP contribution in [0.3, 0.4) is 0 Å². The van der Waals surface area contributed by atoms with Gasteiger partial charge >= 0.3 is 0 Å². The van der Waals surface area contributed by atoms with Gasteiger partial charge in [-0.15, -0.1) is 11.6 Å². The summed E-state index contributed by atoms with van der Waals surface area (Å²) in [7, 11) is 0. The Morgan fingerprint density at radius 3 is 2.00 bits per heavy atom. The highest BCUT2D eigenvalue weighted by Gasteiger charge is 2.00. The molecule has 4 heteroatoms. The zero-order valence-electron chi connectivity index (χ0n) is 6.47. The molecule has 0 spiro atoms. The van der Waals surface area contributed by atoms with Crippen molar-refractivity contribution in [2.45, 2.75) is 13.8 Å². The first kappa shape index (κ1) is 10.2. The molecule has 0 N–H and O–H groups in total. The Bertz CT molecular complexity index is 58.5. The van der Waals surface area contributed by atoms with Gasteiger partial charge in [-0.1, -0.05) is 5.23 Å². The van der Waals surface area contributed by atoms with Crippen LogP contribution >= 0.6 is 11.6 Å². The number of hydrogen-bond donors (Lipinski definition) is 0. The number of halogens is 1. The molecule has 0 rings (SSSR count). The van der Waals surface area contributed by atoms with Crippen LogP contribution in [0.25, 0.3) is 0 Å². The molecule has 10 heavy (non-hydrogen) atoms. The van der Waals surface area contributed by atoms with Crippen LogP contribution in [0.1, 0.15) is 13.8 Å². The Labute approximate surface area is 66.8 Å². The maximum Gasteiger partial charge on any atom is 0.0683 e. The van der Waals surface area contributed by atoms with Crippen molar-refractivity contribution in [1.82, 2.24) is 5.23 Å². The molecule has 0 fully saturated rings. The van der Waals surface area contributed by atoms with Crippen molar-refractivity contribution in [2.75, 3.05) is 25.6 Å². The molecular weight excluding hydrogens is 154 g/mol. The maximum atomic E-state index is 5.47. The van der Waals surface area contributed by atoms with Gasteiger partial charge in [-0.05, 0) is 13.8 Å². The third-order valence-electron chi connectivity index (χ3n) is 0.813. The Hall–Kier alpha value is 0.170. The van der Waals surface area contributed by atoms with Crippen molar-refractivity contribution in [1.29, 1.82) is 0 Å². The topological polar surface area (TPSA) is 21.7 Å². The van der Waals surface area contributed by atoms with E-state index in [4.69, 9.17) is 21.3 Å². The molecule has 0 radical (unpaired) electrons. The first-order valence-electron chi connectivity index (χ1n) is 3.44. The number of hydrogen-bond acceptors (Lipinski definition) is 3. The first-order chi connectivity index (χ1) is 4.85. The van der Waals surface area contributed by atoms with Gasteiger partial charge in [0.2, 0.25) is 0 Å². The lowest BCUT2D eigenvalue weighted by molar-refractivity contribution is -0.362. The number of rotatable bonds is 6. The number of hydroxylamine groups is 2.